The third-order valence-corrected chi connectivity index (χ3v) is 3.50. The number of nitriles is 1. The van der Waals surface area contributed by atoms with E-state index in [0.717, 1.165) is 24.3 Å². The van der Waals surface area contributed by atoms with Gasteiger partial charge < -0.3 is 4.74 Å². The molecule has 0 unspecified atom stereocenters. The molecule has 0 saturated heterocycles. The highest BCUT2D eigenvalue weighted by Gasteiger charge is 2.31. The summed E-state index contributed by atoms with van der Waals surface area (Å²) in [4.78, 5) is 0. The van der Waals surface area contributed by atoms with Crippen LogP contribution in [-0.4, -0.2) is 15.4 Å². The molecule has 0 fully saturated rings. The van der Waals surface area contributed by atoms with Crippen molar-refractivity contribution in [1.82, 2.24) is 15.4 Å². The molecule has 0 atom stereocenters. The molecule has 10 heteroatoms. The zero-order valence-corrected chi connectivity index (χ0v) is 13.3. The van der Waals surface area contributed by atoms with E-state index in [9.17, 15) is 22.0 Å². The van der Waals surface area contributed by atoms with E-state index in [1.54, 1.807) is 6.07 Å². The van der Waals surface area contributed by atoms with Crippen molar-refractivity contribution < 1.29 is 26.7 Å². The average molecular weight is 380 g/mol. The number of benzene rings is 2. The molecule has 3 rings (SSSR count). The summed E-state index contributed by atoms with van der Waals surface area (Å²) in [6.45, 7) is -0.423. The number of aromatic amines is 1. The van der Waals surface area contributed by atoms with Gasteiger partial charge in [0, 0.05) is 11.6 Å². The number of hydrogen-bond donors (Lipinski definition) is 1. The number of rotatable bonds is 4. The van der Waals surface area contributed by atoms with Gasteiger partial charge in [-0.2, -0.15) is 18.4 Å². The highest BCUT2D eigenvalue weighted by atomic mass is 19.4. The van der Waals surface area contributed by atoms with Gasteiger partial charge in [0.05, 0.1) is 5.56 Å². The van der Waals surface area contributed by atoms with Crippen molar-refractivity contribution in [1.29, 1.82) is 5.26 Å². The lowest BCUT2D eigenvalue weighted by Crippen LogP contribution is -2.07. The Balaban J connectivity index is 1.85. The Morgan fingerprint density at radius 3 is 2.48 bits per heavy atom. The van der Waals surface area contributed by atoms with Gasteiger partial charge in [-0.15, -0.1) is 5.10 Å². The minimum Gasteiger partial charge on any atom is -0.489 e. The minimum absolute atomic E-state index is 0.00602. The van der Waals surface area contributed by atoms with Crippen molar-refractivity contribution in [3.05, 3.63) is 64.9 Å². The second-order valence-electron chi connectivity index (χ2n) is 5.46. The summed E-state index contributed by atoms with van der Waals surface area (Å²) in [7, 11) is 0. The van der Waals surface area contributed by atoms with Crippen LogP contribution in [0, 0.1) is 23.0 Å². The van der Waals surface area contributed by atoms with Crippen LogP contribution in [0.3, 0.4) is 0 Å². The zero-order chi connectivity index (χ0) is 19.6. The van der Waals surface area contributed by atoms with Gasteiger partial charge in [-0.05, 0) is 35.9 Å². The topological polar surface area (TPSA) is 74.6 Å². The molecule has 3 aromatic rings. The minimum atomic E-state index is -4.70. The molecule has 0 spiro atoms. The highest BCUT2D eigenvalue weighted by molar-refractivity contribution is 5.65. The number of aromatic nitrogens is 3. The second kappa shape index (κ2) is 7.03. The molecular formula is C17H9F5N4O. The molecule has 0 aliphatic carbocycles. The van der Waals surface area contributed by atoms with Crippen molar-refractivity contribution >= 4 is 0 Å². The predicted molar refractivity (Wildman–Crippen MR) is 82.2 cm³/mol. The number of alkyl halides is 3. The fourth-order valence-electron chi connectivity index (χ4n) is 2.35. The van der Waals surface area contributed by atoms with Gasteiger partial charge in [0.1, 0.15) is 35.8 Å². The Kier molecular flexibility index (Phi) is 4.77. The van der Waals surface area contributed by atoms with Gasteiger partial charge in [-0.1, -0.05) is 5.21 Å². The molecule has 1 N–H and O–H groups in total. The first-order valence-electron chi connectivity index (χ1n) is 7.38. The van der Waals surface area contributed by atoms with E-state index in [-0.39, 0.29) is 28.3 Å². The maximum absolute atomic E-state index is 13.8. The first-order chi connectivity index (χ1) is 12.8. The van der Waals surface area contributed by atoms with Crippen LogP contribution in [0.4, 0.5) is 22.0 Å². The Hall–Kier alpha value is -3.48. The summed E-state index contributed by atoms with van der Waals surface area (Å²) in [5.41, 5.74) is -0.946. The van der Waals surface area contributed by atoms with Gasteiger partial charge in [-0.3, -0.25) is 0 Å². The number of nitrogens with one attached hydrogen (secondary N) is 1. The predicted octanol–water partition coefficient (Wildman–Crippen LogP) is 4.22. The lowest BCUT2D eigenvalue weighted by atomic mass is 10.1. The molecule has 0 aliphatic heterocycles. The standard InChI is InChI=1S/C17H9F5N4O/c18-12-2-9(1-11(5-12)17(20,21)22)8-27-14-4-10(3-13(19)6-14)16-15(7-23)24-26-25-16/h1-6H,8H2,(H,24,25,26). The monoisotopic (exact) mass is 380 g/mol. The van der Waals surface area contributed by atoms with Crippen LogP contribution < -0.4 is 4.74 Å². The first kappa shape index (κ1) is 18.3. The molecular weight excluding hydrogens is 371 g/mol. The molecule has 0 aliphatic rings. The number of ether oxygens (including phenoxy) is 1. The number of halogens is 5. The van der Waals surface area contributed by atoms with Crippen LogP contribution in [0.2, 0.25) is 0 Å². The molecule has 0 radical (unpaired) electrons. The zero-order valence-electron chi connectivity index (χ0n) is 13.3. The van der Waals surface area contributed by atoms with E-state index in [2.05, 4.69) is 15.4 Å². The average Bonchev–Trinajstić information content (AvgIpc) is 3.07. The summed E-state index contributed by atoms with van der Waals surface area (Å²) in [6, 6.07) is 7.24. The molecule has 1 aromatic heterocycles. The van der Waals surface area contributed by atoms with E-state index >= 15 is 0 Å². The van der Waals surface area contributed by atoms with Gasteiger partial charge in [0.2, 0.25) is 0 Å². The van der Waals surface area contributed by atoms with E-state index in [1.807, 2.05) is 0 Å². The number of hydrogen-bond acceptors (Lipinski definition) is 4. The highest BCUT2D eigenvalue weighted by Crippen LogP contribution is 2.31. The fourth-order valence-corrected chi connectivity index (χ4v) is 2.35. The van der Waals surface area contributed by atoms with Crippen LogP contribution in [0.15, 0.2) is 36.4 Å². The summed E-state index contributed by atoms with van der Waals surface area (Å²) in [5, 5.41) is 18.4. The molecule has 1 heterocycles. The Labute approximate surface area is 149 Å². The third-order valence-electron chi connectivity index (χ3n) is 3.50. The summed E-state index contributed by atoms with van der Waals surface area (Å²) < 4.78 is 70.8. The SMILES string of the molecule is N#Cc1[nH]nnc1-c1cc(F)cc(OCc2cc(F)cc(C(F)(F)F)c2)c1. The Bertz CT molecular complexity index is 1020. The quantitative estimate of drug-likeness (QED) is 0.688. The molecule has 138 valence electrons. The third kappa shape index (κ3) is 4.20. The van der Waals surface area contributed by atoms with Crippen LogP contribution in [0.25, 0.3) is 11.3 Å². The number of nitrogens with zero attached hydrogens (tertiary/aromatic N) is 3. The van der Waals surface area contributed by atoms with Crippen LogP contribution in [0.1, 0.15) is 16.8 Å². The fraction of sp³-hybridized carbons (Fsp3) is 0.118. The second-order valence-corrected chi connectivity index (χ2v) is 5.46. The lowest BCUT2D eigenvalue weighted by Gasteiger charge is -2.11. The molecule has 0 bridgehead atoms. The van der Waals surface area contributed by atoms with Crippen LogP contribution in [-0.2, 0) is 12.8 Å². The van der Waals surface area contributed by atoms with Gasteiger partial charge in [-0.25, -0.2) is 13.9 Å². The van der Waals surface area contributed by atoms with E-state index in [4.69, 9.17) is 10.00 Å². The van der Waals surface area contributed by atoms with E-state index in [1.165, 1.54) is 6.07 Å². The first-order valence-corrected chi connectivity index (χ1v) is 7.38. The lowest BCUT2D eigenvalue weighted by molar-refractivity contribution is -0.137. The Morgan fingerprint density at radius 1 is 1.04 bits per heavy atom. The molecule has 5 nitrogen and oxygen atoms in total. The molecule has 0 amide bonds. The van der Waals surface area contributed by atoms with Gasteiger partial charge in [0.25, 0.3) is 0 Å². The smallest absolute Gasteiger partial charge is 0.416 e. The van der Waals surface area contributed by atoms with Crippen LogP contribution in [0.5, 0.6) is 5.75 Å². The van der Waals surface area contributed by atoms with E-state index < -0.39 is 30.0 Å². The summed E-state index contributed by atoms with van der Waals surface area (Å²) in [6.07, 6.45) is -4.70. The maximum atomic E-state index is 13.8. The summed E-state index contributed by atoms with van der Waals surface area (Å²) in [5.74, 6) is -1.82. The molecule has 27 heavy (non-hydrogen) atoms. The van der Waals surface area contributed by atoms with E-state index in [0.29, 0.717) is 6.07 Å². The molecule has 2 aromatic carbocycles. The van der Waals surface area contributed by atoms with Crippen LogP contribution >= 0.6 is 0 Å². The Morgan fingerprint density at radius 2 is 1.78 bits per heavy atom. The van der Waals surface area contributed by atoms with Crippen molar-refractivity contribution in [3.63, 3.8) is 0 Å². The van der Waals surface area contributed by atoms with Crippen molar-refractivity contribution in [2.24, 2.45) is 0 Å². The van der Waals surface area contributed by atoms with Gasteiger partial charge in [0.15, 0.2) is 5.69 Å². The molecule has 0 saturated carbocycles. The van der Waals surface area contributed by atoms with Gasteiger partial charge >= 0.3 is 6.18 Å². The van der Waals surface area contributed by atoms with Crippen molar-refractivity contribution in [2.45, 2.75) is 12.8 Å². The largest absolute Gasteiger partial charge is 0.489 e. The number of H-pyrrole nitrogens is 1. The maximum Gasteiger partial charge on any atom is 0.416 e. The normalized spacial score (nSPS) is 11.3. The van der Waals surface area contributed by atoms with Crippen molar-refractivity contribution in [2.75, 3.05) is 0 Å². The summed E-state index contributed by atoms with van der Waals surface area (Å²) >= 11 is 0. The van der Waals surface area contributed by atoms with Crippen molar-refractivity contribution in [3.8, 4) is 23.1 Å².